The summed E-state index contributed by atoms with van der Waals surface area (Å²) >= 11 is 0. The Kier molecular flexibility index (Phi) is 8.77. The van der Waals surface area contributed by atoms with Gasteiger partial charge in [0.2, 0.25) is 5.91 Å². The first kappa shape index (κ1) is 28.7. The van der Waals surface area contributed by atoms with E-state index in [1.807, 2.05) is 54.4 Å². The number of ether oxygens (including phenoxy) is 2. The normalized spacial score (nSPS) is 11.4. The van der Waals surface area contributed by atoms with Crippen LogP contribution in [-0.2, 0) is 22.5 Å². The minimum atomic E-state index is -0.732. The van der Waals surface area contributed by atoms with E-state index in [2.05, 4.69) is 29.7 Å². The maximum Gasteiger partial charge on any atom is 0.514 e. The fourth-order valence-corrected chi connectivity index (χ4v) is 4.55. The molecule has 2 N–H and O–H groups in total. The van der Waals surface area contributed by atoms with Gasteiger partial charge in [-0.3, -0.25) is 4.79 Å². The zero-order chi connectivity index (χ0) is 28.9. The topological polar surface area (TPSA) is 99.7 Å². The number of likely N-dealkylation sites (N-methyl/N-ethyl adjacent to an activating group) is 1. The minimum absolute atomic E-state index is 0.142. The van der Waals surface area contributed by atoms with Crippen molar-refractivity contribution < 1.29 is 19.1 Å². The molecule has 3 aromatic carbocycles. The Morgan fingerprint density at radius 2 is 1.75 bits per heavy atom. The van der Waals surface area contributed by atoms with Crippen LogP contribution in [0, 0.1) is 0 Å². The van der Waals surface area contributed by atoms with Crippen LogP contribution < -0.4 is 15.4 Å². The lowest BCUT2D eigenvalue weighted by molar-refractivity contribution is -0.116. The van der Waals surface area contributed by atoms with Crippen LogP contribution in [0.1, 0.15) is 51.9 Å². The molecule has 0 radical (unpaired) electrons. The van der Waals surface area contributed by atoms with Gasteiger partial charge in [0.05, 0.1) is 17.6 Å². The third-order valence-electron chi connectivity index (χ3n) is 6.47. The van der Waals surface area contributed by atoms with Crippen LogP contribution in [0.4, 0.5) is 10.5 Å². The fourth-order valence-electron chi connectivity index (χ4n) is 4.55. The highest BCUT2D eigenvalue weighted by atomic mass is 16.7. The number of carbonyl (C=O) groups excluding carboxylic acids is 2. The van der Waals surface area contributed by atoms with Crippen molar-refractivity contribution in [2.75, 3.05) is 18.5 Å². The van der Waals surface area contributed by atoms with Crippen LogP contribution in [-0.4, -0.2) is 40.8 Å². The van der Waals surface area contributed by atoms with Crippen molar-refractivity contribution in [3.63, 3.8) is 0 Å². The second kappa shape index (κ2) is 12.2. The van der Waals surface area contributed by atoms with Gasteiger partial charge in [0.25, 0.3) is 0 Å². The number of nitrogens with zero attached hydrogens (tertiary/aromatic N) is 3. The molecule has 210 valence electrons. The average Bonchev–Trinajstić information content (AvgIpc) is 3.23. The summed E-state index contributed by atoms with van der Waals surface area (Å²) in [6.45, 7) is 8.37. The van der Waals surface area contributed by atoms with Crippen LogP contribution >= 0.6 is 0 Å². The van der Waals surface area contributed by atoms with Gasteiger partial charge < -0.3 is 24.7 Å². The predicted octanol–water partition coefficient (Wildman–Crippen LogP) is 6.33. The molecule has 0 fully saturated rings. The van der Waals surface area contributed by atoms with Crippen molar-refractivity contribution in [2.45, 2.75) is 59.1 Å². The van der Waals surface area contributed by atoms with Crippen molar-refractivity contribution in [1.29, 1.82) is 0 Å². The third kappa shape index (κ3) is 7.20. The largest absolute Gasteiger partial charge is 0.514 e. The molecular weight excluding hydrogens is 504 g/mol. The van der Waals surface area contributed by atoms with Gasteiger partial charge >= 0.3 is 6.16 Å². The number of para-hydroxylation sites is 1. The number of primary amides is 1. The van der Waals surface area contributed by atoms with Gasteiger partial charge in [-0.25, -0.2) is 9.78 Å². The highest BCUT2D eigenvalue weighted by Gasteiger charge is 2.20. The second-order valence-electron chi connectivity index (χ2n) is 11.0. The minimum Gasteiger partial charge on any atom is -0.428 e. The lowest BCUT2D eigenvalue weighted by Crippen LogP contribution is -2.30. The Bertz CT molecular complexity index is 1490. The van der Waals surface area contributed by atoms with E-state index in [-0.39, 0.29) is 12.5 Å². The average molecular weight is 543 g/mol. The smallest absolute Gasteiger partial charge is 0.428 e. The Morgan fingerprint density at radius 3 is 2.42 bits per heavy atom. The number of benzene rings is 3. The van der Waals surface area contributed by atoms with Crippen LogP contribution in [0.15, 0.2) is 66.7 Å². The summed E-state index contributed by atoms with van der Waals surface area (Å²) in [7, 11) is 1.85. The fraction of sp³-hybridized carbons (Fsp3) is 0.344. The summed E-state index contributed by atoms with van der Waals surface area (Å²) in [5.41, 5.74) is 10.5. The summed E-state index contributed by atoms with van der Waals surface area (Å²) in [5.74, 6) is 1.10. The zero-order valence-corrected chi connectivity index (χ0v) is 23.9. The van der Waals surface area contributed by atoms with E-state index in [9.17, 15) is 9.59 Å². The Hall–Kier alpha value is -4.33. The maximum absolute atomic E-state index is 12.3. The molecule has 40 heavy (non-hydrogen) atoms. The number of imidazole rings is 1. The highest BCUT2D eigenvalue weighted by molar-refractivity contribution is 5.84. The van der Waals surface area contributed by atoms with E-state index in [1.54, 1.807) is 26.8 Å². The molecule has 0 aliphatic carbocycles. The molecule has 0 saturated heterocycles. The maximum atomic E-state index is 12.3. The van der Waals surface area contributed by atoms with Crippen molar-refractivity contribution >= 4 is 28.8 Å². The van der Waals surface area contributed by atoms with Crippen molar-refractivity contribution in [3.8, 4) is 16.9 Å². The lowest BCUT2D eigenvalue weighted by Gasteiger charge is -2.19. The van der Waals surface area contributed by atoms with Gasteiger partial charge in [-0.1, -0.05) is 55.8 Å². The van der Waals surface area contributed by atoms with Gasteiger partial charge in [-0.2, -0.15) is 0 Å². The van der Waals surface area contributed by atoms with Gasteiger partial charge in [0.1, 0.15) is 17.2 Å². The number of anilines is 1. The molecular formula is C32H38N4O4. The monoisotopic (exact) mass is 542 g/mol. The van der Waals surface area contributed by atoms with Gasteiger partial charge in [-0.05, 0) is 62.6 Å². The van der Waals surface area contributed by atoms with Gasteiger partial charge in [-0.15, -0.1) is 0 Å². The first-order valence-corrected chi connectivity index (χ1v) is 13.6. The molecule has 0 spiro atoms. The molecule has 0 atom stereocenters. The molecule has 1 aromatic heterocycles. The molecule has 1 heterocycles. The number of fused-ring (bicyclic) bond motifs is 1. The number of hydrogen-bond donors (Lipinski definition) is 1. The van der Waals surface area contributed by atoms with Crippen LogP contribution in [0.25, 0.3) is 22.2 Å². The second-order valence-corrected chi connectivity index (χ2v) is 11.0. The van der Waals surface area contributed by atoms with E-state index < -0.39 is 11.8 Å². The first-order valence-electron chi connectivity index (χ1n) is 13.6. The van der Waals surface area contributed by atoms with Crippen LogP contribution in [0.3, 0.4) is 0 Å². The molecule has 4 aromatic rings. The quantitative estimate of drug-likeness (QED) is 0.186. The number of unbranched alkanes of at least 4 members (excludes halogenated alkanes) is 1. The Balaban J connectivity index is 1.62. The molecule has 0 aliphatic rings. The SMILES string of the molecule is CCCCc1nc2ccc(N(C)CC(N)=O)cc2n1Cc1ccc(-c2ccccc2OC(=O)OC(C)(C)C)cc1. The predicted molar refractivity (Wildman–Crippen MR) is 159 cm³/mol. The summed E-state index contributed by atoms with van der Waals surface area (Å²) in [5, 5.41) is 0. The van der Waals surface area contributed by atoms with Crippen molar-refractivity contribution in [3.05, 3.63) is 78.1 Å². The molecule has 0 unspecified atom stereocenters. The lowest BCUT2D eigenvalue weighted by atomic mass is 10.0. The molecule has 0 bridgehead atoms. The Morgan fingerprint density at radius 1 is 1.02 bits per heavy atom. The summed E-state index contributed by atoms with van der Waals surface area (Å²) in [6, 6.07) is 21.7. The summed E-state index contributed by atoms with van der Waals surface area (Å²) in [6.07, 6.45) is 2.27. The Labute approximate surface area is 235 Å². The van der Waals surface area contributed by atoms with Gasteiger partial charge in [0.15, 0.2) is 0 Å². The number of aromatic nitrogens is 2. The molecule has 4 rings (SSSR count). The third-order valence-corrected chi connectivity index (χ3v) is 6.47. The summed E-state index contributed by atoms with van der Waals surface area (Å²) in [4.78, 5) is 30.5. The molecule has 1 amide bonds. The number of nitrogens with two attached hydrogens (primary N) is 1. The highest BCUT2D eigenvalue weighted by Crippen LogP contribution is 2.31. The summed E-state index contributed by atoms with van der Waals surface area (Å²) < 4.78 is 13.1. The standard InChI is InChI=1S/C32H38N4O4/c1-6-7-12-30-34-26-18-17-24(35(5)21-29(33)37)19-27(26)36(30)20-22-13-15-23(16-14-22)25-10-8-9-11-28(25)39-31(38)40-32(2,3)4/h8-11,13-19H,6-7,12,20-21H2,1-5H3,(H2,33,37). The number of hydrogen-bond acceptors (Lipinski definition) is 6. The molecule has 8 nitrogen and oxygen atoms in total. The number of aryl methyl sites for hydroxylation is 1. The van der Waals surface area contributed by atoms with Crippen LogP contribution in [0.2, 0.25) is 0 Å². The number of rotatable bonds is 10. The zero-order valence-electron chi connectivity index (χ0n) is 23.9. The number of amides is 1. The van der Waals surface area contributed by atoms with Crippen LogP contribution in [0.5, 0.6) is 5.75 Å². The molecule has 8 heteroatoms. The van der Waals surface area contributed by atoms with Gasteiger partial charge in [0, 0.05) is 31.3 Å². The molecule has 0 aliphatic heterocycles. The number of carbonyl (C=O) groups is 2. The van der Waals surface area contributed by atoms with Crippen molar-refractivity contribution in [1.82, 2.24) is 9.55 Å². The van der Waals surface area contributed by atoms with E-state index in [0.29, 0.717) is 12.3 Å². The van der Waals surface area contributed by atoms with E-state index in [0.717, 1.165) is 58.5 Å². The van der Waals surface area contributed by atoms with E-state index >= 15 is 0 Å². The first-order chi connectivity index (χ1) is 19.0. The van der Waals surface area contributed by atoms with E-state index in [4.69, 9.17) is 20.2 Å². The van der Waals surface area contributed by atoms with Crippen molar-refractivity contribution in [2.24, 2.45) is 5.73 Å². The van der Waals surface area contributed by atoms with E-state index in [1.165, 1.54) is 0 Å². The molecule has 0 saturated carbocycles.